The van der Waals surface area contributed by atoms with Crippen molar-refractivity contribution in [2.75, 3.05) is 11.9 Å². The fourth-order valence-corrected chi connectivity index (χ4v) is 2.51. The van der Waals surface area contributed by atoms with Crippen LogP contribution in [0.3, 0.4) is 0 Å². The summed E-state index contributed by atoms with van der Waals surface area (Å²) < 4.78 is 0. The Kier molecular flexibility index (Phi) is 4.15. The third-order valence-corrected chi connectivity index (χ3v) is 3.81. The van der Waals surface area contributed by atoms with E-state index in [1.807, 2.05) is 30.7 Å². The summed E-state index contributed by atoms with van der Waals surface area (Å²) in [6.07, 6.45) is 8.28. The van der Waals surface area contributed by atoms with Crippen molar-refractivity contribution in [1.29, 1.82) is 0 Å². The summed E-state index contributed by atoms with van der Waals surface area (Å²) in [5, 5.41) is 3.53. The van der Waals surface area contributed by atoms with Gasteiger partial charge < -0.3 is 10.2 Å². The molecule has 110 valence electrons. The zero-order valence-electron chi connectivity index (χ0n) is 12.7. The first kappa shape index (κ1) is 14.0. The highest BCUT2D eigenvalue weighted by Gasteiger charge is 2.20. The van der Waals surface area contributed by atoms with E-state index < -0.39 is 0 Å². The number of pyridine rings is 2. The molecule has 0 spiro atoms. The first-order valence-electron chi connectivity index (χ1n) is 7.51. The number of nitrogens with one attached hydrogen (secondary N) is 1. The van der Waals surface area contributed by atoms with Gasteiger partial charge in [0.1, 0.15) is 5.82 Å². The normalized spacial score (nSPS) is 14.2. The van der Waals surface area contributed by atoms with Crippen molar-refractivity contribution in [2.24, 2.45) is 0 Å². The second-order valence-electron chi connectivity index (χ2n) is 5.85. The van der Waals surface area contributed by atoms with Crippen molar-refractivity contribution in [3.8, 4) is 0 Å². The highest BCUT2D eigenvalue weighted by atomic mass is 15.2. The second-order valence-corrected chi connectivity index (χ2v) is 5.85. The predicted octanol–water partition coefficient (Wildman–Crippen LogP) is 2.67. The van der Waals surface area contributed by atoms with Crippen LogP contribution in [0.5, 0.6) is 0 Å². The number of hydrogen-bond acceptors (Lipinski definition) is 4. The van der Waals surface area contributed by atoms with E-state index in [-0.39, 0.29) is 0 Å². The van der Waals surface area contributed by atoms with Crippen molar-refractivity contribution in [3.63, 3.8) is 0 Å². The third-order valence-electron chi connectivity index (χ3n) is 3.81. The molecule has 3 rings (SSSR count). The SMILES string of the molecule is Cc1cc(CNC2CC2)cnc1N(C)Cc1ccncc1. The molecule has 0 unspecified atom stereocenters. The lowest BCUT2D eigenvalue weighted by molar-refractivity contribution is 0.685. The van der Waals surface area contributed by atoms with E-state index in [9.17, 15) is 0 Å². The summed E-state index contributed by atoms with van der Waals surface area (Å²) in [7, 11) is 2.08. The molecule has 0 bridgehead atoms. The summed E-state index contributed by atoms with van der Waals surface area (Å²) in [4.78, 5) is 10.9. The van der Waals surface area contributed by atoms with Crippen LogP contribution < -0.4 is 10.2 Å². The van der Waals surface area contributed by atoms with E-state index in [0.29, 0.717) is 0 Å². The molecule has 0 atom stereocenters. The maximum absolute atomic E-state index is 4.64. The smallest absolute Gasteiger partial charge is 0.131 e. The van der Waals surface area contributed by atoms with Gasteiger partial charge in [0.2, 0.25) is 0 Å². The Morgan fingerprint density at radius 1 is 1.24 bits per heavy atom. The first-order valence-corrected chi connectivity index (χ1v) is 7.51. The molecule has 0 saturated heterocycles. The minimum Gasteiger partial charge on any atom is -0.355 e. The maximum atomic E-state index is 4.64. The lowest BCUT2D eigenvalue weighted by Crippen LogP contribution is -2.20. The van der Waals surface area contributed by atoms with Crippen LogP contribution in [-0.4, -0.2) is 23.1 Å². The van der Waals surface area contributed by atoms with Crippen LogP contribution in [-0.2, 0) is 13.1 Å². The Morgan fingerprint density at radius 3 is 2.67 bits per heavy atom. The molecule has 0 radical (unpaired) electrons. The molecule has 0 aromatic carbocycles. The van der Waals surface area contributed by atoms with Gasteiger partial charge in [-0.25, -0.2) is 4.98 Å². The zero-order chi connectivity index (χ0) is 14.7. The molecule has 2 aromatic heterocycles. The van der Waals surface area contributed by atoms with Crippen molar-refractivity contribution in [3.05, 3.63) is 53.5 Å². The van der Waals surface area contributed by atoms with E-state index in [1.165, 1.54) is 29.5 Å². The largest absolute Gasteiger partial charge is 0.355 e. The van der Waals surface area contributed by atoms with Gasteiger partial charge in [0.05, 0.1) is 0 Å². The standard InChI is InChI=1S/C17H22N4/c1-13-9-15(10-19-16-3-4-16)11-20-17(13)21(2)12-14-5-7-18-8-6-14/h5-9,11,16,19H,3-4,10,12H2,1-2H3. The zero-order valence-corrected chi connectivity index (χ0v) is 12.7. The number of nitrogens with zero attached hydrogens (tertiary/aromatic N) is 3. The van der Waals surface area contributed by atoms with E-state index in [4.69, 9.17) is 0 Å². The average Bonchev–Trinajstić information content (AvgIpc) is 3.30. The van der Waals surface area contributed by atoms with Crippen molar-refractivity contribution >= 4 is 5.82 Å². The molecule has 1 aliphatic carbocycles. The molecule has 2 heterocycles. The molecular formula is C17H22N4. The van der Waals surface area contributed by atoms with Gasteiger partial charge in [-0.2, -0.15) is 0 Å². The van der Waals surface area contributed by atoms with Crippen LogP contribution in [0.2, 0.25) is 0 Å². The molecule has 4 heteroatoms. The van der Waals surface area contributed by atoms with E-state index in [1.54, 1.807) is 0 Å². The lowest BCUT2D eigenvalue weighted by Gasteiger charge is -2.20. The van der Waals surface area contributed by atoms with Gasteiger partial charge in [0.25, 0.3) is 0 Å². The first-order chi connectivity index (χ1) is 10.2. The maximum Gasteiger partial charge on any atom is 0.131 e. The minimum atomic E-state index is 0.736. The van der Waals surface area contributed by atoms with Crippen LogP contribution in [0.25, 0.3) is 0 Å². The molecule has 1 aliphatic rings. The van der Waals surface area contributed by atoms with E-state index in [2.05, 4.69) is 40.2 Å². The molecule has 0 aliphatic heterocycles. The van der Waals surface area contributed by atoms with Crippen LogP contribution in [0, 0.1) is 6.92 Å². The molecular weight excluding hydrogens is 260 g/mol. The Morgan fingerprint density at radius 2 is 2.00 bits per heavy atom. The lowest BCUT2D eigenvalue weighted by atomic mass is 10.2. The highest BCUT2D eigenvalue weighted by Crippen LogP contribution is 2.21. The molecule has 4 nitrogen and oxygen atoms in total. The summed E-state index contributed by atoms with van der Waals surface area (Å²) in [5.74, 6) is 1.04. The predicted molar refractivity (Wildman–Crippen MR) is 85.2 cm³/mol. The number of hydrogen-bond donors (Lipinski definition) is 1. The average molecular weight is 282 g/mol. The quantitative estimate of drug-likeness (QED) is 0.884. The van der Waals surface area contributed by atoms with Crippen molar-refractivity contribution < 1.29 is 0 Å². The minimum absolute atomic E-state index is 0.736. The molecule has 2 aromatic rings. The number of anilines is 1. The van der Waals surface area contributed by atoms with Gasteiger partial charge >= 0.3 is 0 Å². The van der Waals surface area contributed by atoms with Crippen LogP contribution >= 0.6 is 0 Å². The summed E-state index contributed by atoms with van der Waals surface area (Å²) in [6.45, 7) is 3.90. The third kappa shape index (κ3) is 3.79. The Labute approximate surface area is 126 Å². The van der Waals surface area contributed by atoms with Crippen molar-refractivity contribution in [2.45, 2.75) is 38.9 Å². The van der Waals surface area contributed by atoms with E-state index >= 15 is 0 Å². The van der Waals surface area contributed by atoms with Crippen LogP contribution in [0.15, 0.2) is 36.8 Å². The Balaban J connectivity index is 1.66. The summed E-state index contributed by atoms with van der Waals surface area (Å²) in [6, 6.07) is 7.06. The van der Waals surface area contributed by atoms with Gasteiger partial charge in [0, 0.05) is 44.8 Å². The molecule has 1 fully saturated rings. The monoisotopic (exact) mass is 282 g/mol. The summed E-state index contributed by atoms with van der Waals surface area (Å²) in [5.41, 5.74) is 3.73. The molecule has 21 heavy (non-hydrogen) atoms. The number of aromatic nitrogens is 2. The summed E-state index contributed by atoms with van der Waals surface area (Å²) >= 11 is 0. The van der Waals surface area contributed by atoms with Gasteiger partial charge in [-0.05, 0) is 54.7 Å². The van der Waals surface area contributed by atoms with E-state index in [0.717, 1.165) is 24.9 Å². The highest BCUT2D eigenvalue weighted by molar-refractivity contribution is 5.47. The van der Waals surface area contributed by atoms with Crippen molar-refractivity contribution in [1.82, 2.24) is 15.3 Å². The number of rotatable bonds is 6. The second kappa shape index (κ2) is 6.22. The molecule has 1 N–H and O–H groups in total. The number of aryl methyl sites for hydroxylation is 1. The molecule has 0 amide bonds. The topological polar surface area (TPSA) is 41.1 Å². The van der Waals surface area contributed by atoms with Gasteiger partial charge in [-0.3, -0.25) is 4.98 Å². The Bertz CT molecular complexity index is 593. The van der Waals surface area contributed by atoms with Crippen LogP contribution in [0.1, 0.15) is 29.5 Å². The van der Waals surface area contributed by atoms with Gasteiger partial charge in [0.15, 0.2) is 0 Å². The van der Waals surface area contributed by atoms with Gasteiger partial charge in [-0.15, -0.1) is 0 Å². The van der Waals surface area contributed by atoms with Crippen LogP contribution in [0.4, 0.5) is 5.82 Å². The van der Waals surface area contributed by atoms with Gasteiger partial charge in [-0.1, -0.05) is 0 Å². The fourth-order valence-electron chi connectivity index (χ4n) is 2.51. The Hall–Kier alpha value is -1.94. The molecule has 1 saturated carbocycles. The fraction of sp³-hybridized carbons (Fsp3) is 0.412.